The van der Waals surface area contributed by atoms with Crippen molar-refractivity contribution in [3.05, 3.63) is 89.5 Å². The second-order valence-electron chi connectivity index (χ2n) is 9.67. The standard InChI is InChI=1S/C28H26F6N4O4/c29-27(30,31)26(42,28(32,33)34)20-5-1-18(2-6-20)17-37-13-15-38(16-14-37)23-11-9-22(10-12-23)36-25(41)35-21-7-3-19(4-8-21)24(39)40/h1-12,42H,13-17H2,(H,39,40)(H2,35,36,41). The zero-order valence-electron chi connectivity index (χ0n) is 21.8. The Hall–Kier alpha value is -4.30. The molecule has 4 rings (SSSR count). The van der Waals surface area contributed by atoms with E-state index in [1.165, 1.54) is 24.3 Å². The number of hydrogen-bond donors (Lipinski definition) is 4. The van der Waals surface area contributed by atoms with Crippen LogP contribution in [0.5, 0.6) is 0 Å². The predicted molar refractivity (Wildman–Crippen MR) is 142 cm³/mol. The highest BCUT2D eigenvalue weighted by Crippen LogP contribution is 2.50. The summed E-state index contributed by atoms with van der Waals surface area (Å²) >= 11 is 0. The number of carbonyl (C=O) groups excluding carboxylic acids is 1. The van der Waals surface area contributed by atoms with Crippen LogP contribution in [0.25, 0.3) is 0 Å². The summed E-state index contributed by atoms with van der Waals surface area (Å²) in [6.45, 7) is 2.69. The van der Waals surface area contributed by atoms with Gasteiger partial charge in [-0.1, -0.05) is 24.3 Å². The minimum atomic E-state index is -5.93. The first-order valence-electron chi connectivity index (χ1n) is 12.6. The van der Waals surface area contributed by atoms with Crippen molar-refractivity contribution in [2.24, 2.45) is 0 Å². The summed E-state index contributed by atoms with van der Waals surface area (Å²) in [6, 6.07) is 15.9. The molecule has 0 radical (unpaired) electrons. The number of carbonyl (C=O) groups is 2. The molecule has 3 aromatic carbocycles. The second-order valence-corrected chi connectivity index (χ2v) is 9.67. The number of carboxylic acids is 1. The molecule has 1 saturated heterocycles. The van der Waals surface area contributed by atoms with Gasteiger partial charge in [0.15, 0.2) is 0 Å². The van der Waals surface area contributed by atoms with Crippen molar-refractivity contribution in [1.29, 1.82) is 0 Å². The monoisotopic (exact) mass is 596 g/mol. The van der Waals surface area contributed by atoms with E-state index in [4.69, 9.17) is 5.11 Å². The minimum absolute atomic E-state index is 0.0963. The molecule has 1 fully saturated rings. The highest BCUT2D eigenvalue weighted by Gasteiger charge is 2.71. The third-order valence-electron chi connectivity index (χ3n) is 6.85. The molecule has 8 nitrogen and oxygen atoms in total. The van der Waals surface area contributed by atoms with Gasteiger partial charge in [-0.15, -0.1) is 0 Å². The Balaban J connectivity index is 1.28. The van der Waals surface area contributed by atoms with Gasteiger partial charge < -0.3 is 25.7 Å². The average molecular weight is 597 g/mol. The highest BCUT2D eigenvalue weighted by molar-refractivity contribution is 6.00. The number of rotatable bonds is 7. The largest absolute Gasteiger partial charge is 0.478 e. The highest BCUT2D eigenvalue weighted by atomic mass is 19.4. The van der Waals surface area contributed by atoms with Gasteiger partial charge in [-0.3, -0.25) is 4.90 Å². The number of piperazine rings is 1. The molecule has 0 aliphatic carbocycles. The Kier molecular flexibility index (Phi) is 8.68. The van der Waals surface area contributed by atoms with E-state index < -0.39 is 35.5 Å². The van der Waals surface area contributed by atoms with Crippen LogP contribution in [0.4, 0.5) is 48.2 Å². The van der Waals surface area contributed by atoms with E-state index in [0.717, 1.165) is 17.8 Å². The number of benzene rings is 3. The third kappa shape index (κ3) is 6.77. The van der Waals surface area contributed by atoms with Crippen LogP contribution in [0.2, 0.25) is 0 Å². The molecule has 0 saturated carbocycles. The van der Waals surface area contributed by atoms with Crippen molar-refractivity contribution in [1.82, 2.24) is 4.90 Å². The zero-order valence-corrected chi connectivity index (χ0v) is 21.8. The number of urea groups is 1. The number of anilines is 3. The fourth-order valence-electron chi connectivity index (χ4n) is 4.51. The first kappa shape index (κ1) is 30.7. The van der Waals surface area contributed by atoms with Crippen molar-refractivity contribution >= 4 is 29.1 Å². The molecular formula is C28H26F6N4O4. The van der Waals surface area contributed by atoms with Crippen molar-refractivity contribution in [3.63, 3.8) is 0 Å². The number of nitrogens with zero attached hydrogens (tertiary/aromatic N) is 2. The van der Waals surface area contributed by atoms with E-state index in [9.17, 15) is 41.0 Å². The van der Waals surface area contributed by atoms with E-state index in [-0.39, 0.29) is 5.56 Å². The number of aromatic carboxylic acids is 1. The lowest BCUT2D eigenvalue weighted by atomic mass is 9.91. The fourth-order valence-corrected chi connectivity index (χ4v) is 4.51. The lowest BCUT2D eigenvalue weighted by molar-refractivity contribution is -0.376. The summed E-state index contributed by atoms with van der Waals surface area (Å²) in [5, 5.41) is 23.8. The van der Waals surface area contributed by atoms with Crippen LogP contribution in [0.3, 0.4) is 0 Å². The molecule has 42 heavy (non-hydrogen) atoms. The fraction of sp³-hybridized carbons (Fsp3) is 0.286. The molecule has 224 valence electrons. The van der Waals surface area contributed by atoms with Crippen LogP contribution < -0.4 is 15.5 Å². The number of carboxylic acid groups (broad SMARTS) is 1. The molecule has 4 N–H and O–H groups in total. The van der Waals surface area contributed by atoms with Gasteiger partial charge in [-0.25, -0.2) is 9.59 Å². The molecule has 14 heteroatoms. The molecular weight excluding hydrogens is 570 g/mol. The molecule has 0 bridgehead atoms. The van der Waals surface area contributed by atoms with E-state index in [0.29, 0.717) is 61.8 Å². The maximum atomic E-state index is 13.1. The minimum Gasteiger partial charge on any atom is -0.478 e. The molecule has 1 heterocycles. The van der Waals surface area contributed by atoms with Crippen LogP contribution in [-0.2, 0) is 12.1 Å². The molecule has 0 atom stereocenters. The van der Waals surface area contributed by atoms with E-state index in [2.05, 4.69) is 15.5 Å². The SMILES string of the molecule is O=C(Nc1ccc(C(=O)O)cc1)Nc1ccc(N2CCN(Cc3ccc(C(O)(C(F)(F)F)C(F)(F)F)cc3)CC2)cc1. The van der Waals surface area contributed by atoms with Gasteiger partial charge in [0.25, 0.3) is 5.60 Å². The molecule has 0 aromatic heterocycles. The predicted octanol–water partition coefficient (Wildman–Crippen LogP) is 5.66. The van der Waals surface area contributed by atoms with Crippen LogP contribution in [0.1, 0.15) is 21.5 Å². The summed E-state index contributed by atoms with van der Waals surface area (Å²) in [5.74, 6) is -1.07. The molecule has 2 amide bonds. The van der Waals surface area contributed by atoms with Crippen LogP contribution in [-0.4, -0.2) is 65.6 Å². The lowest BCUT2D eigenvalue weighted by Crippen LogP contribution is -2.53. The molecule has 0 spiro atoms. The van der Waals surface area contributed by atoms with Gasteiger partial charge >= 0.3 is 24.4 Å². The summed E-state index contributed by atoms with van der Waals surface area (Å²) in [4.78, 5) is 27.3. The number of hydrogen-bond acceptors (Lipinski definition) is 5. The van der Waals surface area contributed by atoms with Gasteiger partial charge in [0.1, 0.15) is 0 Å². The number of alkyl halides is 6. The van der Waals surface area contributed by atoms with E-state index in [1.54, 1.807) is 12.1 Å². The second kappa shape index (κ2) is 11.9. The first-order chi connectivity index (χ1) is 19.7. The number of halogens is 6. The Morgan fingerprint density at radius 3 is 1.64 bits per heavy atom. The van der Waals surface area contributed by atoms with Crippen molar-refractivity contribution in [2.75, 3.05) is 41.7 Å². The first-order valence-corrected chi connectivity index (χ1v) is 12.6. The van der Waals surface area contributed by atoms with Gasteiger partial charge in [0.05, 0.1) is 5.56 Å². The van der Waals surface area contributed by atoms with Gasteiger partial charge in [-0.2, -0.15) is 26.3 Å². The summed E-state index contributed by atoms with van der Waals surface area (Å²) < 4.78 is 78.6. The molecule has 3 aromatic rings. The molecule has 0 unspecified atom stereocenters. The number of amides is 2. The average Bonchev–Trinajstić information content (AvgIpc) is 2.93. The maximum Gasteiger partial charge on any atom is 0.430 e. The Labute approximate surface area is 236 Å². The number of aliphatic hydroxyl groups is 1. The van der Waals surface area contributed by atoms with Gasteiger partial charge in [-0.05, 0) is 54.1 Å². The normalized spacial score (nSPS) is 14.9. The van der Waals surface area contributed by atoms with Crippen molar-refractivity contribution in [2.45, 2.75) is 24.5 Å². The molecule has 1 aliphatic heterocycles. The molecule has 1 aliphatic rings. The Bertz CT molecular complexity index is 1370. The lowest BCUT2D eigenvalue weighted by Gasteiger charge is -2.36. The van der Waals surface area contributed by atoms with Crippen molar-refractivity contribution in [3.8, 4) is 0 Å². The van der Waals surface area contributed by atoms with Gasteiger partial charge in [0.2, 0.25) is 0 Å². The van der Waals surface area contributed by atoms with E-state index in [1.807, 2.05) is 17.0 Å². The maximum absolute atomic E-state index is 13.1. The topological polar surface area (TPSA) is 105 Å². The Morgan fingerprint density at radius 1 is 0.714 bits per heavy atom. The summed E-state index contributed by atoms with van der Waals surface area (Å²) in [5.41, 5.74) is -3.79. The summed E-state index contributed by atoms with van der Waals surface area (Å²) in [7, 11) is 0. The van der Waals surface area contributed by atoms with Crippen LogP contribution in [0.15, 0.2) is 72.8 Å². The summed E-state index contributed by atoms with van der Waals surface area (Å²) in [6.07, 6.45) is -11.9. The quantitative estimate of drug-likeness (QED) is 0.263. The van der Waals surface area contributed by atoms with Gasteiger partial charge in [0, 0.05) is 55.3 Å². The smallest absolute Gasteiger partial charge is 0.430 e. The third-order valence-corrected chi connectivity index (χ3v) is 6.85. The van der Waals surface area contributed by atoms with Crippen LogP contribution >= 0.6 is 0 Å². The Morgan fingerprint density at radius 2 is 1.19 bits per heavy atom. The van der Waals surface area contributed by atoms with Crippen molar-refractivity contribution < 1.29 is 46.1 Å². The van der Waals surface area contributed by atoms with E-state index >= 15 is 0 Å². The van der Waals surface area contributed by atoms with Crippen LogP contribution in [0, 0.1) is 0 Å². The number of nitrogens with one attached hydrogen (secondary N) is 2. The zero-order chi connectivity index (χ0) is 30.7.